The SMILES string of the molecule is CS(=O)(=O)N1CCC[C@H](NC(=O)C[C@H](NC(=O)c2ccccc2)c2ccccc2)C1. The summed E-state index contributed by atoms with van der Waals surface area (Å²) in [4.78, 5) is 25.4. The summed E-state index contributed by atoms with van der Waals surface area (Å²) in [5.74, 6) is -0.476. The average Bonchev–Trinajstić information content (AvgIpc) is 2.74. The molecule has 0 saturated carbocycles. The van der Waals surface area contributed by atoms with Gasteiger partial charge in [0.2, 0.25) is 15.9 Å². The van der Waals surface area contributed by atoms with E-state index in [4.69, 9.17) is 0 Å². The van der Waals surface area contributed by atoms with Gasteiger partial charge in [-0.15, -0.1) is 0 Å². The van der Waals surface area contributed by atoms with Crippen molar-refractivity contribution in [1.29, 1.82) is 0 Å². The first kappa shape index (κ1) is 22.0. The maximum atomic E-state index is 12.7. The number of carbonyl (C=O) groups is 2. The van der Waals surface area contributed by atoms with Gasteiger partial charge >= 0.3 is 0 Å². The minimum atomic E-state index is -3.28. The fraction of sp³-hybridized carbons (Fsp3) is 0.364. The molecule has 0 aromatic heterocycles. The largest absolute Gasteiger partial charge is 0.352 e. The number of carbonyl (C=O) groups excluding carboxylic acids is 2. The molecule has 2 amide bonds. The van der Waals surface area contributed by atoms with Crippen LogP contribution in [0.5, 0.6) is 0 Å². The molecule has 1 aliphatic heterocycles. The van der Waals surface area contributed by atoms with Crippen molar-refractivity contribution in [2.75, 3.05) is 19.3 Å². The van der Waals surface area contributed by atoms with E-state index in [1.165, 1.54) is 10.6 Å². The molecule has 2 N–H and O–H groups in total. The van der Waals surface area contributed by atoms with E-state index in [1.54, 1.807) is 24.3 Å². The molecule has 1 fully saturated rings. The minimum Gasteiger partial charge on any atom is -0.352 e. The van der Waals surface area contributed by atoms with Crippen LogP contribution in [0.4, 0.5) is 0 Å². The molecular weight excluding hydrogens is 402 g/mol. The predicted octanol–water partition coefficient (Wildman–Crippen LogP) is 2.09. The molecule has 0 spiro atoms. The van der Waals surface area contributed by atoms with E-state index < -0.39 is 16.1 Å². The highest BCUT2D eigenvalue weighted by atomic mass is 32.2. The van der Waals surface area contributed by atoms with E-state index in [9.17, 15) is 18.0 Å². The maximum Gasteiger partial charge on any atom is 0.251 e. The summed E-state index contributed by atoms with van der Waals surface area (Å²) in [5, 5.41) is 5.88. The molecule has 0 unspecified atom stereocenters. The summed E-state index contributed by atoms with van der Waals surface area (Å²) >= 11 is 0. The third-order valence-corrected chi connectivity index (χ3v) is 6.42. The van der Waals surface area contributed by atoms with Gasteiger partial charge in [-0.3, -0.25) is 9.59 Å². The van der Waals surface area contributed by atoms with Gasteiger partial charge in [0.15, 0.2) is 0 Å². The molecule has 1 saturated heterocycles. The zero-order valence-electron chi connectivity index (χ0n) is 17.0. The molecule has 0 radical (unpaired) electrons. The Morgan fingerprint density at radius 3 is 2.33 bits per heavy atom. The van der Waals surface area contributed by atoms with Crippen LogP contribution in [0.2, 0.25) is 0 Å². The van der Waals surface area contributed by atoms with Gasteiger partial charge in [0.05, 0.1) is 18.7 Å². The van der Waals surface area contributed by atoms with Crippen molar-refractivity contribution in [3.05, 3.63) is 71.8 Å². The van der Waals surface area contributed by atoms with Crippen LogP contribution in [0.15, 0.2) is 60.7 Å². The number of hydrogen-bond donors (Lipinski definition) is 2. The van der Waals surface area contributed by atoms with E-state index >= 15 is 0 Å². The van der Waals surface area contributed by atoms with Gasteiger partial charge in [-0.25, -0.2) is 12.7 Å². The molecule has 8 heteroatoms. The van der Waals surface area contributed by atoms with Crippen LogP contribution < -0.4 is 10.6 Å². The lowest BCUT2D eigenvalue weighted by Gasteiger charge is -2.31. The third kappa shape index (κ3) is 6.14. The number of nitrogens with zero attached hydrogens (tertiary/aromatic N) is 1. The molecule has 1 aliphatic rings. The summed E-state index contributed by atoms with van der Waals surface area (Å²) in [7, 11) is -3.28. The Kier molecular flexibility index (Phi) is 7.23. The Morgan fingerprint density at radius 1 is 1.07 bits per heavy atom. The van der Waals surface area contributed by atoms with Crippen LogP contribution in [0.1, 0.15) is 41.2 Å². The van der Waals surface area contributed by atoms with Crippen LogP contribution >= 0.6 is 0 Å². The van der Waals surface area contributed by atoms with Gasteiger partial charge in [0, 0.05) is 24.7 Å². The predicted molar refractivity (Wildman–Crippen MR) is 115 cm³/mol. The maximum absolute atomic E-state index is 12.7. The zero-order chi connectivity index (χ0) is 21.6. The third-order valence-electron chi connectivity index (χ3n) is 5.15. The number of piperidine rings is 1. The van der Waals surface area contributed by atoms with E-state index in [1.807, 2.05) is 36.4 Å². The summed E-state index contributed by atoms with van der Waals surface area (Å²) < 4.78 is 25.0. The molecule has 3 rings (SSSR count). The van der Waals surface area contributed by atoms with Gasteiger partial charge in [-0.1, -0.05) is 48.5 Å². The molecule has 0 aliphatic carbocycles. The van der Waals surface area contributed by atoms with Crippen molar-refractivity contribution >= 4 is 21.8 Å². The summed E-state index contributed by atoms with van der Waals surface area (Å²) in [6, 6.07) is 17.5. The van der Waals surface area contributed by atoms with Crippen molar-refractivity contribution in [2.45, 2.75) is 31.3 Å². The fourth-order valence-corrected chi connectivity index (χ4v) is 4.51. The number of hydrogen-bond acceptors (Lipinski definition) is 4. The van der Waals surface area contributed by atoms with Crippen LogP contribution in [0.25, 0.3) is 0 Å². The average molecular weight is 430 g/mol. The Hall–Kier alpha value is -2.71. The lowest BCUT2D eigenvalue weighted by atomic mass is 10.0. The normalized spacial score (nSPS) is 18.4. The topological polar surface area (TPSA) is 95.6 Å². The molecule has 2 aromatic rings. The number of nitrogens with one attached hydrogen (secondary N) is 2. The quantitative estimate of drug-likeness (QED) is 0.705. The van der Waals surface area contributed by atoms with Gasteiger partial charge < -0.3 is 10.6 Å². The lowest BCUT2D eigenvalue weighted by molar-refractivity contribution is -0.122. The standard InChI is InChI=1S/C22H27N3O4S/c1-30(28,29)25-14-8-13-19(16-25)23-21(26)15-20(17-9-4-2-5-10-17)24-22(27)18-11-6-3-7-12-18/h2-7,9-12,19-20H,8,13-16H2,1H3,(H,23,26)(H,24,27)/t19-,20-/m0/s1. The highest BCUT2D eigenvalue weighted by Crippen LogP contribution is 2.19. The van der Waals surface area contributed by atoms with Crippen molar-refractivity contribution in [3.63, 3.8) is 0 Å². The first-order valence-electron chi connectivity index (χ1n) is 9.98. The number of rotatable bonds is 7. The van der Waals surface area contributed by atoms with Crippen LogP contribution in [-0.4, -0.2) is 49.9 Å². The number of sulfonamides is 1. The van der Waals surface area contributed by atoms with Crippen LogP contribution in [0.3, 0.4) is 0 Å². The molecule has 30 heavy (non-hydrogen) atoms. The molecule has 7 nitrogen and oxygen atoms in total. The second-order valence-corrected chi connectivity index (χ2v) is 9.52. The molecule has 160 valence electrons. The monoisotopic (exact) mass is 429 g/mol. The summed E-state index contributed by atoms with van der Waals surface area (Å²) in [6.45, 7) is 0.752. The lowest BCUT2D eigenvalue weighted by Crippen LogP contribution is -2.49. The minimum absolute atomic E-state index is 0.0674. The summed E-state index contributed by atoms with van der Waals surface area (Å²) in [6.07, 6.45) is 2.68. The van der Waals surface area contributed by atoms with Gasteiger partial charge in [-0.05, 0) is 30.5 Å². The first-order valence-corrected chi connectivity index (χ1v) is 11.8. The highest BCUT2D eigenvalue weighted by molar-refractivity contribution is 7.88. The van der Waals surface area contributed by atoms with Gasteiger partial charge in [0.1, 0.15) is 0 Å². The Bertz CT molecular complexity index is 964. The van der Waals surface area contributed by atoms with E-state index in [-0.39, 0.29) is 30.8 Å². The van der Waals surface area contributed by atoms with Crippen molar-refractivity contribution < 1.29 is 18.0 Å². The van der Waals surface area contributed by atoms with Crippen LogP contribution in [-0.2, 0) is 14.8 Å². The molecule has 0 bridgehead atoms. The second-order valence-electron chi connectivity index (χ2n) is 7.53. The van der Waals surface area contributed by atoms with E-state index in [2.05, 4.69) is 10.6 Å². The molecular formula is C22H27N3O4S. The highest BCUT2D eigenvalue weighted by Gasteiger charge is 2.28. The summed E-state index contributed by atoms with van der Waals surface area (Å²) in [5.41, 5.74) is 1.35. The number of amides is 2. The zero-order valence-corrected chi connectivity index (χ0v) is 17.8. The van der Waals surface area contributed by atoms with Crippen molar-refractivity contribution in [3.8, 4) is 0 Å². The number of benzene rings is 2. The Labute approximate surface area is 177 Å². The van der Waals surface area contributed by atoms with E-state index in [0.29, 0.717) is 18.5 Å². The molecule has 2 aromatic carbocycles. The van der Waals surface area contributed by atoms with Crippen LogP contribution in [0, 0.1) is 0 Å². The Balaban J connectivity index is 1.67. The second kappa shape index (κ2) is 9.86. The molecule has 2 atom stereocenters. The smallest absolute Gasteiger partial charge is 0.251 e. The fourth-order valence-electron chi connectivity index (χ4n) is 3.60. The first-order chi connectivity index (χ1) is 14.3. The Morgan fingerprint density at radius 2 is 1.70 bits per heavy atom. The van der Waals surface area contributed by atoms with Crippen molar-refractivity contribution in [1.82, 2.24) is 14.9 Å². The van der Waals surface area contributed by atoms with E-state index in [0.717, 1.165) is 12.0 Å². The van der Waals surface area contributed by atoms with Crippen molar-refractivity contribution in [2.24, 2.45) is 0 Å². The van der Waals surface area contributed by atoms with Gasteiger partial charge in [-0.2, -0.15) is 0 Å². The molecule has 1 heterocycles. The van der Waals surface area contributed by atoms with Gasteiger partial charge in [0.25, 0.3) is 5.91 Å².